The van der Waals surface area contributed by atoms with Gasteiger partial charge in [-0.1, -0.05) is 11.6 Å². The van der Waals surface area contributed by atoms with Crippen LogP contribution in [0.2, 0.25) is 5.02 Å². The van der Waals surface area contributed by atoms with Crippen molar-refractivity contribution < 1.29 is 23.0 Å². The number of amides is 1. The molecule has 6 nitrogen and oxygen atoms in total. The number of halogens is 3. The van der Waals surface area contributed by atoms with E-state index in [2.05, 4.69) is 15.2 Å². The van der Waals surface area contributed by atoms with Gasteiger partial charge in [0.1, 0.15) is 17.2 Å². The van der Waals surface area contributed by atoms with Crippen LogP contribution >= 0.6 is 11.6 Å². The Morgan fingerprint density at radius 3 is 2.54 bits per heavy atom. The van der Waals surface area contributed by atoms with Crippen LogP contribution in [-0.4, -0.2) is 49.0 Å². The molecule has 1 aliphatic rings. The first kappa shape index (κ1) is 25.1. The first-order valence-corrected chi connectivity index (χ1v) is 11.7. The number of hydrogen-bond acceptors (Lipinski definition) is 5. The fourth-order valence-corrected chi connectivity index (χ4v) is 4.57. The molecule has 0 unspecified atom stereocenters. The third-order valence-electron chi connectivity index (χ3n) is 5.86. The van der Waals surface area contributed by atoms with E-state index in [1.165, 1.54) is 12.1 Å². The van der Waals surface area contributed by atoms with Gasteiger partial charge < -0.3 is 19.7 Å². The van der Waals surface area contributed by atoms with Crippen LogP contribution in [0.25, 0.3) is 22.0 Å². The molecule has 4 rings (SSSR count). The van der Waals surface area contributed by atoms with Crippen molar-refractivity contribution in [3.63, 3.8) is 0 Å². The van der Waals surface area contributed by atoms with Crippen LogP contribution in [0, 0.1) is 11.6 Å². The largest absolute Gasteiger partial charge is 0.444 e. The molecule has 9 heteroatoms. The number of rotatable bonds is 4. The van der Waals surface area contributed by atoms with Crippen molar-refractivity contribution in [2.24, 2.45) is 0 Å². The second-order valence-electron chi connectivity index (χ2n) is 9.60. The van der Waals surface area contributed by atoms with Gasteiger partial charge in [0.2, 0.25) is 0 Å². The smallest absolute Gasteiger partial charge is 0.407 e. The van der Waals surface area contributed by atoms with Crippen LogP contribution in [-0.2, 0) is 9.47 Å². The minimum absolute atomic E-state index is 0.266. The molecule has 2 atom stereocenters. The molecule has 1 aliphatic heterocycles. The lowest BCUT2D eigenvalue weighted by Gasteiger charge is -2.40. The van der Waals surface area contributed by atoms with E-state index >= 15 is 0 Å². The van der Waals surface area contributed by atoms with Gasteiger partial charge in [-0.15, -0.1) is 0 Å². The predicted octanol–water partition coefficient (Wildman–Crippen LogP) is 5.95. The number of nitrogens with zero attached hydrogens (tertiary/aromatic N) is 2. The maximum absolute atomic E-state index is 14.1. The molecule has 0 aliphatic carbocycles. The van der Waals surface area contributed by atoms with Crippen molar-refractivity contribution in [3.8, 4) is 11.1 Å². The highest BCUT2D eigenvalue weighted by Crippen LogP contribution is 2.39. The van der Waals surface area contributed by atoms with E-state index in [4.69, 9.17) is 21.1 Å². The van der Waals surface area contributed by atoms with Crippen LogP contribution in [0.3, 0.4) is 0 Å². The number of hydrogen-bond donors (Lipinski definition) is 1. The van der Waals surface area contributed by atoms with E-state index in [1.54, 1.807) is 46.2 Å². The highest BCUT2D eigenvalue weighted by atomic mass is 35.5. The van der Waals surface area contributed by atoms with Gasteiger partial charge in [-0.25, -0.2) is 13.6 Å². The molecule has 0 radical (unpaired) electrons. The monoisotopic (exact) mass is 503 g/mol. The standard InChI is InChI=1S/C26H28ClF2N3O3/c1-26(2,3)35-25(33)31-22-7-8-32(14-23(22)34-4)24-19-11-16(27)5-6-21(19)30-13-20(24)15-9-17(28)12-18(29)10-15/h5-6,9-13,22-23H,7-8,14H2,1-4H3,(H,31,33)/t22-,23-/m1/s1. The molecule has 1 fully saturated rings. The summed E-state index contributed by atoms with van der Waals surface area (Å²) in [6, 6.07) is 8.49. The van der Waals surface area contributed by atoms with Gasteiger partial charge in [-0.2, -0.15) is 0 Å². The number of piperidine rings is 1. The van der Waals surface area contributed by atoms with Crippen LogP contribution in [0.15, 0.2) is 42.6 Å². The summed E-state index contributed by atoms with van der Waals surface area (Å²) in [5.41, 5.74) is 1.78. The molecule has 3 aromatic rings. The number of anilines is 1. The van der Waals surface area contributed by atoms with Crippen molar-refractivity contribution in [2.45, 2.75) is 44.9 Å². The fraction of sp³-hybridized carbons (Fsp3) is 0.385. The Bertz CT molecular complexity index is 1230. The second-order valence-corrected chi connectivity index (χ2v) is 10.0. The lowest BCUT2D eigenvalue weighted by atomic mass is 9.96. The van der Waals surface area contributed by atoms with E-state index in [-0.39, 0.29) is 12.1 Å². The van der Waals surface area contributed by atoms with E-state index in [0.717, 1.165) is 17.1 Å². The van der Waals surface area contributed by atoms with E-state index in [1.807, 2.05) is 6.07 Å². The number of ether oxygens (including phenoxy) is 2. The Balaban J connectivity index is 1.72. The quantitative estimate of drug-likeness (QED) is 0.476. The maximum atomic E-state index is 14.1. The summed E-state index contributed by atoms with van der Waals surface area (Å²) in [4.78, 5) is 18.9. The van der Waals surface area contributed by atoms with Gasteiger partial charge in [0, 0.05) is 48.4 Å². The topological polar surface area (TPSA) is 63.7 Å². The summed E-state index contributed by atoms with van der Waals surface area (Å²) in [6.07, 6.45) is 1.33. The molecule has 0 saturated carbocycles. The van der Waals surface area contributed by atoms with E-state index in [9.17, 15) is 13.6 Å². The number of nitrogens with one attached hydrogen (secondary N) is 1. The minimum atomic E-state index is -0.674. The number of carbonyl (C=O) groups is 1. The number of pyridine rings is 1. The van der Waals surface area contributed by atoms with E-state index in [0.29, 0.717) is 41.2 Å². The number of fused-ring (bicyclic) bond motifs is 1. The average Bonchev–Trinajstić information content (AvgIpc) is 2.76. The first-order valence-electron chi connectivity index (χ1n) is 11.4. The molecule has 0 spiro atoms. The average molecular weight is 504 g/mol. The van der Waals surface area contributed by atoms with Crippen LogP contribution in [0.5, 0.6) is 0 Å². The van der Waals surface area contributed by atoms with Crippen LogP contribution in [0.1, 0.15) is 27.2 Å². The zero-order valence-electron chi connectivity index (χ0n) is 20.1. The zero-order chi connectivity index (χ0) is 25.3. The van der Waals surface area contributed by atoms with Crippen molar-refractivity contribution in [3.05, 3.63) is 59.3 Å². The molecule has 1 aromatic heterocycles. The summed E-state index contributed by atoms with van der Waals surface area (Å²) in [6.45, 7) is 6.39. The molecule has 1 N–H and O–H groups in total. The van der Waals surface area contributed by atoms with Gasteiger partial charge in [0.05, 0.1) is 23.3 Å². The van der Waals surface area contributed by atoms with Gasteiger partial charge in [0.15, 0.2) is 0 Å². The van der Waals surface area contributed by atoms with Crippen LogP contribution in [0.4, 0.5) is 19.3 Å². The third kappa shape index (κ3) is 5.82. The Kier molecular flexibility index (Phi) is 7.15. The van der Waals surface area contributed by atoms with Crippen molar-refractivity contribution in [2.75, 3.05) is 25.1 Å². The Labute approximate surface area is 208 Å². The highest BCUT2D eigenvalue weighted by Gasteiger charge is 2.33. The molecule has 186 valence electrons. The lowest BCUT2D eigenvalue weighted by molar-refractivity contribution is 0.0298. The first-order chi connectivity index (χ1) is 16.5. The van der Waals surface area contributed by atoms with Crippen molar-refractivity contribution in [1.29, 1.82) is 0 Å². The molecule has 1 amide bonds. The highest BCUT2D eigenvalue weighted by molar-refractivity contribution is 6.31. The van der Waals surface area contributed by atoms with Gasteiger partial charge in [0.25, 0.3) is 0 Å². The summed E-state index contributed by atoms with van der Waals surface area (Å²) in [5.74, 6) is -1.35. The Morgan fingerprint density at radius 1 is 1.17 bits per heavy atom. The fourth-order valence-electron chi connectivity index (χ4n) is 4.39. The predicted molar refractivity (Wildman–Crippen MR) is 133 cm³/mol. The number of carbonyl (C=O) groups excluding carboxylic acids is 1. The normalized spacial score (nSPS) is 18.5. The lowest BCUT2D eigenvalue weighted by Crippen LogP contribution is -2.55. The molecule has 2 heterocycles. The summed E-state index contributed by atoms with van der Waals surface area (Å²) in [7, 11) is 1.59. The number of alkyl carbamates (subject to hydrolysis) is 1. The number of benzene rings is 2. The van der Waals surface area contributed by atoms with Crippen LogP contribution < -0.4 is 10.2 Å². The number of methoxy groups -OCH3 is 1. The molecule has 1 saturated heterocycles. The number of aromatic nitrogens is 1. The third-order valence-corrected chi connectivity index (χ3v) is 6.09. The van der Waals surface area contributed by atoms with Crippen molar-refractivity contribution in [1.82, 2.24) is 10.3 Å². The maximum Gasteiger partial charge on any atom is 0.407 e. The molecule has 35 heavy (non-hydrogen) atoms. The summed E-state index contributed by atoms with van der Waals surface area (Å²) < 4.78 is 39.3. The molecular weight excluding hydrogens is 476 g/mol. The summed E-state index contributed by atoms with van der Waals surface area (Å²) in [5, 5.41) is 4.19. The van der Waals surface area contributed by atoms with Gasteiger partial charge in [-0.05, 0) is 63.1 Å². The van der Waals surface area contributed by atoms with Crippen molar-refractivity contribution >= 4 is 34.3 Å². The SMILES string of the molecule is CO[C@@H]1CN(c2c(-c3cc(F)cc(F)c3)cnc3ccc(Cl)cc23)CC[C@H]1NC(=O)OC(C)(C)C. The second kappa shape index (κ2) is 9.95. The van der Waals surface area contributed by atoms with Gasteiger partial charge >= 0.3 is 6.09 Å². The summed E-state index contributed by atoms with van der Waals surface area (Å²) >= 11 is 6.32. The zero-order valence-corrected chi connectivity index (χ0v) is 20.8. The Morgan fingerprint density at radius 2 is 1.89 bits per heavy atom. The van der Waals surface area contributed by atoms with Gasteiger partial charge in [-0.3, -0.25) is 4.98 Å². The molecule has 0 bridgehead atoms. The molecule has 2 aromatic carbocycles. The molecular formula is C26H28ClF2N3O3. The minimum Gasteiger partial charge on any atom is -0.444 e. The van der Waals surface area contributed by atoms with E-state index < -0.39 is 23.3 Å². The Hall–Kier alpha value is -2.97.